The van der Waals surface area contributed by atoms with E-state index in [2.05, 4.69) is 5.32 Å². The maximum atomic E-state index is 14.9. The van der Waals surface area contributed by atoms with Gasteiger partial charge in [-0.3, -0.25) is 4.79 Å². The Morgan fingerprint density at radius 1 is 1.16 bits per heavy atom. The molecule has 166 valence electrons. The zero-order valence-electron chi connectivity index (χ0n) is 18.1. The van der Waals surface area contributed by atoms with Crippen LogP contribution in [0.1, 0.15) is 56.1 Å². The molecule has 0 saturated heterocycles. The van der Waals surface area contributed by atoms with Gasteiger partial charge in [0.05, 0.1) is 18.1 Å². The summed E-state index contributed by atoms with van der Waals surface area (Å²) in [4.78, 5) is 26.4. The normalized spacial score (nSPS) is 20.7. The Hall–Kier alpha value is -2.92. The van der Waals surface area contributed by atoms with Gasteiger partial charge in [0, 0.05) is 34.0 Å². The van der Waals surface area contributed by atoms with E-state index in [-0.39, 0.29) is 24.7 Å². The first-order valence-electron chi connectivity index (χ1n) is 10.8. The van der Waals surface area contributed by atoms with Crippen LogP contribution < -0.4 is 5.32 Å². The summed E-state index contributed by atoms with van der Waals surface area (Å²) in [6.45, 7) is 3.94. The molecule has 0 unspecified atom stereocenters. The zero-order valence-corrected chi connectivity index (χ0v) is 18.8. The van der Waals surface area contributed by atoms with Gasteiger partial charge in [-0.15, -0.1) is 0 Å². The number of nitrogens with one attached hydrogen (secondary N) is 1. The molecular formula is C26H25ClFNO3. The number of carbonyl (C=O) groups is 2. The van der Waals surface area contributed by atoms with Gasteiger partial charge in [-0.2, -0.15) is 0 Å². The summed E-state index contributed by atoms with van der Waals surface area (Å²) >= 11 is 6.02. The van der Waals surface area contributed by atoms with Crippen molar-refractivity contribution in [3.05, 3.63) is 93.0 Å². The van der Waals surface area contributed by atoms with Crippen molar-refractivity contribution in [3.8, 4) is 0 Å². The van der Waals surface area contributed by atoms with Crippen molar-refractivity contribution < 1.29 is 18.7 Å². The standard InChI is InChI=1S/C26H25ClFNO3/c1-3-12-32-26(31)23-15(2)29-21-13-17(16-8-10-18(27)11-9-16)14-22(30)25(21)24(23)19-6-4-5-7-20(19)28/h4-11,17,24,29H,3,12-14H2,1-2H3/t17-,24-/m0/s1. The second kappa shape index (κ2) is 9.29. The van der Waals surface area contributed by atoms with Crippen LogP contribution in [0.3, 0.4) is 0 Å². The predicted octanol–water partition coefficient (Wildman–Crippen LogP) is 5.79. The van der Waals surface area contributed by atoms with Crippen LogP contribution in [0.2, 0.25) is 5.02 Å². The van der Waals surface area contributed by atoms with Gasteiger partial charge >= 0.3 is 5.97 Å². The van der Waals surface area contributed by atoms with Gasteiger partial charge < -0.3 is 10.1 Å². The Morgan fingerprint density at radius 2 is 1.88 bits per heavy atom. The molecule has 4 nitrogen and oxygen atoms in total. The Bertz CT molecular complexity index is 1120. The minimum absolute atomic E-state index is 0.0197. The maximum Gasteiger partial charge on any atom is 0.336 e. The number of carbonyl (C=O) groups excluding carboxylic acids is 2. The number of dihydropyridines is 1. The monoisotopic (exact) mass is 453 g/mol. The molecule has 32 heavy (non-hydrogen) atoms. The van der Waals surface area contributed by atoms with E-state index in [9.17, 15) is 14.0 Å². The molecule has 2 aromatic rings. The van der Waals surface area contributed by atoms with Crippen LogP contribution in [-0.2, 0) is 14.3 Å². The summed E-state index contributed by atoms with van der Waals surface area (Å²) in [5.74, 6) is -1.89. The van der Waals surface area contributed by atoms with Crippen LogP contribution in [-0.4, -0.2) is 18.4 Å². The topological polar surface area (TPSA) is 55.4 Å². The van der Waals surface area contributed by atoms with E-state index < -0.39 is 17.7 Å². The van der Waals surface area contributed by atoms with Crippen LogP contribution in [0.25, 0.3) is 0 Å². The highest BCUT2D eigenvalue weighted by molar-refractivity contribution is 6.30. The number of halogens is 2. The van der Waals surface area contributed by atoms with Gasteiger partial charge in [-0.05, 0) is 49.4 Å². The third-order valence-corrected chi connectivity index (χ3v) is 6.29. The van der Waals surface area contributed by atoms with Crippen molar-refractivity contribution in [3.63, 3.8) is 0 Å². The smallest absolute Gasteiger partial charge is 0.336 e. The Kier molecular flexibility index (Phi) is 6.47. The van der Waals surface area contributed by atoms with E-state index in [1.165, 1.54) is 6.07 Å². The average molecular weight is 454 g/mol. The van der Waals surface area contributed by atoms with Gasteiger partial charge in [0.15, 0.2) is 5.78 Å². The highest BCUT2D eigenvalue weighted by atomic mass is 35.5. The summed E-state index contributed by atoms with van der Waals surface area (Å²) in [6.07, 6.45) is 1.54. The summed E-state index contributed by atoms with van der Waals surface area (Å²) in [6, 6.07) is 13.8. The van der Waals surface area contributed by atoms with E-state index in [1.807, 2.05) is 31.2 Å². The van der Waals surface area contributed by atoms with Crippen molar-refractivity contribution in [1.29, 1.82) is 0 Å². The molecule has 4 rings (SSSR count). The minimum Gasteiger partial charge on any atom is -0.462 e. The highest BCUT2D eigenvalue weighted by Gasteiger charge is 2.42. The first kappa shape index (κ1) is 22.3. The van der Waals surface area contributed by atoms with Gasteiger partial charge in [-0.25, -0.2) is 9.18 Å². The third kappa shape index (κ3) is 4.22. The average Bonchev–Trinajstić information content (AvgIpc) is 2.77. The first-order valence-corrected chi connectivity index (χ1v) is 11.2. The second-order valence-electron chi connectivity index (χ2n) is 8.23. The molecule has 1 aliphatic heterocycles. The van der Waals surface area contributed by atoms with Crippen molar-refractivity contribution in [2.45, 2.75) is 44.9 Å². The number of ether oxygens (including phenoxy) is 1. The van der Waals surface area contributed by atoms with Gasteiger partial charge in [0.2, 0.25) is 0 Å². The van der Waals surface area contributed by atoms with E-state index in [0.29, 0.717) is 40.3 Å². The number of rotatable bonds is 5. The second-order valence-corrected chi connectivity index (χ2v) is 8.66. The first-order chi connectivity index (χ1) is 15.4. The molecule has 6 heteroatoms. The molecule has 0 saturated carbocycles. The van der Waals surface area contributed by atoms with Gasteiger partial charge in [-0.1, -0.05) is 48.9 Å². The van der Waals surface area contributed by atoms with E-state index in [0.717, 1.165) is 11.3 Å². The Labute approximate surface area is 192 Å². The molecule has 0 radical (unpaired) electrons. The van der Waals surface area contributed by atoms with Crippen LogP contribution in [0.5, 0.6) is 0 Å². The van der Waals surface area contributed by atoms with Crippen LogP contribution in [0, 0.1) is 5.82 Å². The van der Waals surface area contributed by atoms with Crippen LogP contribution in [0.4, 0.5) is 4.39 Å². The minimum atomic E-state index is -0.796. The van der Waals surface area contributed by atoms with Gasteiger partial charge in [0.1, 0.15) is 5.82 Å². The summed E-state index contributed by atoms with van der Waals surface area (Å²) in [5, 5.41) is 3.91. The van der Waals surface area contributed by atoms with Crippen molar-refractivity contribution in [2.75, 3.05) is 6.61 Å². The fourth-order valence-electron chi connectivity index (χ4n) is 4.57. The molecule has 0 bridgehead atoms. The fraction of sp³-hybridized carbons (Fsp3) is 0.308. The fourth-order valence-corrected chi connectivity index (χ4v) is 4.70. The lowest BCUT2D eigenvalue weighted by atomic mass is 9.71. The largest absolute Gasteiger partial charge is 0.462 e. The molecule has 0 amide bonds. The zero-order chi connectivity index (χ0) is 22.8. The molecule has 0 aromatic heterocycles. The number of benzene rings is 2. The molecule has 2 aromatic carbocycles. The number of esters is 1. The van der Waals surface area contributed by atoms with E-state index in [1.54, 1.807) is 25.1 Å². The molecular weight excluding hydrogens is 429 g/mol. The molecule has 1 heterocycles. The van der Waals surface area contributed by atoms with E-state index in [4.69, 9.17) is 16.3 Å². The molecule has 2 aliphatic rings. The summed E-state index contributed by atoms with van der Waals surface area (Å²) < 4.78 is 20.3. The molecule has 1 N–H and O–H groups in total. The maximum absolute atomic E-state index is 14.9. The molecule has 1 aliphatic carbocycles. The summed E-state index contributed by atoms with van der Waals surface area (Å²) in [5.41, 5.74) is 3.40. The lowest BCUT2D eigenvalue weighted by molar-refractivity contribution is -0.139. The number of Topliss-reactive ketones (excluding diaryl/α,β-unsaturated/α-hetero) is 1. The molecule has 0 fully saturated rings. The lowest BCUT2D eigenvalue weighted by Gasteiger charge is -2.36. The quantitative estimate of drug-likeness (QED) is 0.582. The lowest BCUT2D eigenvalue weighted by Crippen LogP contribution is -2.36. The van der Waals surface area contributed by atoms with E-state index >= 15 is 0 Å². The summed E-state index contributed by atoms with van der Waals surface area (Å²) in [7, 11) is 0. The SMILES string of the molecule is CCCOC(=O)C1=C(C)NC2=C(C(=O)C[C@@H](c3ccc(Cl)cc3)C2)[C@H]1c1ccccc1F. The number of allylic oxidation sites excluding steroid dienone is 3. The Balaban J connectivity index is 1.79. The van der Waals surface area contributed by atoms with Crippen molar-refractivity contribution in [1.82, 2.24) is 5.32 Å². The number of hydrogen-bond acceptors (Lipinski definition) is 4. The van der Waals surface area contributed by atoms with Gasteiger partial charge in [0.25, 0.3) is 0 Å². The Morgan fingerprint density at radius 3 is 2.56 bits per heavy atom. The van der Waals surface area contributed by atoms with Crippen molar-refractivity contribution in [2.24, 2.45) is 0 Å². The molecule has 0 spiro atoms. The van der Waals surface area contributed by atoms with Crippen LogP contribution >= 0.6 is 11.6 Å². The highest BCUT2D eigenvalue weighted by Crippen LogP contribution is 2.46. The number of hydrogen-bond donors (Lipinski definition) is 1. The molecule has 2 atom stereocenters. The number of ketones is 1. The van der Waals surface area contributed by atoms with Crippen molar-refractivity contribution >= 4 is 23.4 Å². The predicted molar refractivity (Wildman–Crippen MR) is 122 cm³/mol. The van der Waals surface area contributed by atoms with Crippen LogP contribution in [0.15, 0.2) is 71.1 Å². The third-order valence-electron chi connectivity index (χ3n) is 6.04.